The maximum absolute atomic E-state index is 12.9. The van der Waals surface area contributed by atoms with Crippen LogP contribution in [0.2, 0.25) is 0 Å². The first-order valence-corrected chi connectivity index (χ1v) is 11.0. The van der Waals surface area contributed by atoms with Crippen LogP contribution in [-0.2, 0) is 9.47 Å². The van der Waals surface area contributed by atoms with Gasteiger partial charge < -0.3 is 30.0 Å². The SMILES string of the molecule is O=C(N[C@H]1CO[C@H]2[C@@H]1OC[C@@H]2NC(=O)c1cccc(Oc2ccccc2)c1)c1ccc(O)cc1. The molecule has 2 fully saturated rings. The maximum Gasteiger partial charge on any atom is 0.251 e. The van der Waals surface area contributed by atoms with E-state index in [1.54, 1.807) is 36.4 Å². The summed E-state index contributed by atoms with van der Waals surface area (Å²) >= 11 is 0. The maximum atomic E-state index is 12.9. The van der Waals surface area contributed by atoms with Crippen molar-refractivity contribution in [2.24, 2.45) is 0 Å². The van der Waals surface area contributed by atoms with E-state index in [2.05, 4.69) is 10.6 Å². The molecule has 34 heavy (non-hydrogen) atoms. The van der Waals surface area contributed by atoms with Crippen LogP contribution in [0.3, 0.4) is 0 Å². The lowest BCUT2D eigenvalue weighted by atomic mass is 10.0. The summed E-state index contributed by atoms with van der Waals surface area (Å²) in [6.07, 6.45) is -0.725. The first-order valence-electron chi connectivity index (χ1n) is 11.0. The van der Waals surface area contributed by atoms with Crippen LogP contribution in [0.1, 0.15) is 20.7 Å². The van der Waals surface area contributed by atoms with E-state index >= 15 is 0 Å². The van der Waals surface area contributed by atoms with Gasteiger partial charge in [-0.05, 0) is 54.6 Å². The van der Waals surface area contributed by atoms with Crippen molar-refractivity contribution in [3.05, 3.63) is 90.0 Å². The molecule has 0 radical (unpaired) electrons. The van der Waals surface area contributed by atoms with Gasteiger partial charge in [-0.25, -0.2) is 0 Å². The fraction of sp³-hybridized carbons (Fsp3) is 0.231. The average molecular weight is 460 g/mol. The minimum Gasteiger partial charge on any atom is -0.508 e. The predicted molar refractivity (Wildman–Crippen MR) is 123 cm³/mol. The van der Waals surface area contributed by atoms with Gasteiger partial charge in [-0.1, -0.05) is 24.3 Å². The first-order chi connectivity index (χ1) is 16.6. The van der Waals surface area contributed by atoms with Gasteiger partial charge in [0.05, 0.1) is 25.3 Å². The molecule has 8 nitrogen and oxygen atoms in total. The number of para-hydroxylation sites is 1. The van der Waals surface area contributed by atoms with Crippen molar-refractivity contribution in [2.75, 3.05) is 13.2 Å². The molecule has 2 aliphatic rings. The number of rotatable bonds is 6. The Labute approximate surface area is 196 Å². The van der Waals surface area contributed by atoms with Crippen molar-refractivity contribution in [3.63, 3.8) is 0 Å². The molecule has 3 aromatic rings. The average Bonchev–Trinajstić information content (AvgIpc) is 3.43. The third-order valence-electron chi connectivity index (χ3n) is 5.89. The summed E-state index contributed by atoms with van der Waals surface area (Å²) in [6, 6.07) is 21.6. The molecule has 5 rings (SSSR count). The Morgan fingerprint density at radius 2 is 1.32 bits per heavy atom. The number of hydrogen-bond donors (Lipinski definition) is 3. The Bertz CT molecular complexity index is 1170. The second-order valence-electron chi connectivity index (χ2n) is 8.25. The largest absolute Gasteiger partial charge is 0.508 e. The van der Waals surface area contributed by atoms with Crippen LogP contribution in [0.5, 0.6) is 17.2 Å². The topological polar surface area (TPSA) is 106 Å². The van der Waals surface area contributed by atoms with E-state index in [4.69, 9.17) is 14.2 Å². The van der Waals surface area contributed by atoms with Crippen LogP contribution in [0, 0.1) is 0 Å². The number of carbonyl (C=O) groups is 2. The number of phenolic OH excluding ortho intramolecular Hbond substituents is 1. The van der Waals surface area contributed by atoms with Gasteiger partial charge in [-0.3, -0.25) is 9.59 Å². The number of carbonyl (C=O) groups excluding carboxylic acids is 2. The van der Waals surface area contributed by atoms with Gasteiger partial charge in [0.2, 0.25) is 0 Å². The van der Waals surface area contributed by atoms with Gasteiger partial charge in [0.25, 0.3) is 11.8 Å². The summed E-state index contributed by atoms with van der Waals surface area (Å²) in [5.74, 6) is 0.810. The van der Waals surface area contributed by atoms with Gasteiger partial charge in [0, 0.05) is 11.1 Å². The number of phenols is 1. The quantitative estimate of drug-likeness (QED) is 0.522. The highest BCUT2D eigenvalue weighted by Crippen LogP contribution is 2.28. The van der Waals surface area contributed by atoms with Crippen LogP contribution in [0.15, 0.2) is 78.9 Å². The highest BCUT2D eigenvalue weighted by molar-refractivity contribution is 5.95. The van der Waals surface area contributed by atoms with E-state index in [0.29, 0.717) is 22.6 Å². The van der Waals surface area contributed by atoms with Crippen LogP contribution < -0.4 is 15.4 Å². The highest BCUT2D eigenvalue weighted by Gasteiger charge is 2.48. The second kappa shape index (κ2) is 9.54. The van der Waals surface area contributed by atoms with Crippen LogP contribution >= 0.6 is 0 Å². The molecule has 2 heterocycles. The van der Waals surface area contributed by atoms with E-state index < -0.39 is 0 Å². The number of benzene rings is 3. The number of fused-ring (bicyclic) bond motifs is 1. The lowest BCUT2D eigenvalue weighted by Gasteiger charge is -2.18. The molecular weight excluding hydrogens is 436 g/mol. The number of amides is 2. The lowest BCUT2D eigenvalue weighted by molar-refractivity contribution is 0.0628. The molecular formula is C26H24N2O6. The molecule has 174 valence electrons. The Morgan fingerprint density at radius 3 is 1.97 bits per heavy atom. The Kier molecular flexibility index (Phi) is 6.16. The molecule has 4 atom stereocenters. The molecule has 2 amide bonds. The van der Waals surface area contributed by atoms with E-state index in [1.807, 2.05) is 30.3 Å². The monoisotopic (exact) mass is 460 g/mol. The smallest absolute Gasteiger partial charge is 0.251 e. The molecule has 2 saturated heterocycles. The predicted octanol–water partition coefficient (Wildman–Crippen LogP) is 2.88. The summed E-state index contributed by atoms with van der Waals surface area (Å²) in [4.78, 5) is 25.4. The van der Waals surface area contributed by atoms with Crippen molar-refractivity contribution >= 4 is 11.8 Å². The van der Waals surface area contributed by atoms with Crippen molar-refractivity contribution < 1.29 is 28.9 Å². The Morgan fingerprint density at radius 1 is 0.735 bits per heavy atom. The minimum absolute atomic E-state index is 0.0932. The van der Waals surface area contributed by atoms with E-state index in [9.17, 15) is 14.7 Å². The van der Waals surface area contributed by atoms with Crippen LogP contribution in [0.4, 0.5) is 0 Å². The molecule has 0 spiro atoms. The van der Waals surface area contributed by atoms with Crippen molar-refractivity contribution in [3.8, 4) is 17.2 Å². The molecule has 0 aromatic heterocycles. The molecule has 3 N–H and O–H groups in total. The van der Waals surface area contributed by atoms with Gasteiger partial charge in [0.1, 0.15) is 29.5 Å². The minimum atomic E-state index is -0.363. The zero-order chi connectivity index (χ0) is 23.5. The Balaban J connectivity index is 1.19. The summed E-state index contributed by atoms with van der Waals surface area (Å²) in [5, 5.41) is 15.3. The molecule has 8 heteroatoms. The molecule has 0 bridgehead atoms. The fourth-order valence-corrected chi connectivity index (χ4v) is 4.19. The van der Waals surface area contributed by atoms with Crippen molar-refractivity contribution in [1.82, 2.24) is 10.6 Å². The first kappa shape index (κ1) is 21.9. The zero-order valence-electron chi connectivity index (χ0n) is 18.2. The molecule has 0 saturated carbocycles. The van der Waals surface area contributed by atoms with Gasteiger partial charge in [-0.2, -0.15) is 0 Å². The summed E-state index contributed by atoms with van der Waals surface area (Å²) in [5.41, 5.74) is 0.897. The zero-order valence-corrected chi connectivity index (χ0v) is 18.2. The summed E-state index contributed by atoms with van der Waals surface area (Å²) in [7, 11) is 0. The van der Waals surface area contributed by atoms with Crippen LogP contribution in [0.25, 0.3) is 0 Å². The van der Waals surface area contributed by atoms with Gasteiger partial charge >= 0.3 is 0 Å². The normalized spacial score (nSPS) is 23.2. The van der Waals surface area contributed by atoms with E-state index in [-0.39, 0.29) is 55.1 Å². The molecule has 0 aliphatic carbocycles. The van der Waals surface area contributed by atoms with Crippen LogP contribution in [-0.4, -0.2) is 54.4 Å². The van der Waals surface area contributed by atoms with Gasteiger partial charge in [-0.15, -0.1) is 0 Å². The number of aromatic hydroxyl groups is 1. The number of ether oxygens (including phenoxy) is 3. The third kappa shape index (κ3) is 4.73. The highest BCUT2D eigenvalue weighted by atomic mass is 16.6. The summed E-state index contributed by atoms with van der Waals surface area (Å²) < 4.78 is 17.6. The summed E-state index contributed by atoms with van der Waals surface area (Å²) in [6.45, 7) is 0.568. The van der Waals surface area contributed by atoms with Gasteiger partial charge in [0.15, 0.2) is 0 Å². The number of nitrogens with one attached hydrogen (secondary N) is 2. The lowest BCUT2D eigenvalue weighted by Crippen LogP contribution is -2.46. The standard InChI is InChI=1S/C26H24N2O6/c29-18-11-9-16(10-12-18)25(30)27-21-14-32-24-22(15-33-23(21)24)28-26(31)17-5-4-8-20(13-17)34-19-6-2-1-3-7-19/h1-13,21-24,29H,14-15H2,(H,27,30)(H,28,31)/t21-,22-,23+,24+/m0/s1. The fourth-order valence-electron chi connectivity index (χ4n) is 4.19. The molecule has 0 unspecified atom stereocenters. The van der Waals surface area contributed by atoms with Crippen molar-refractivity contribution in [1.29, 1.82) is 0 Å². The Hall–Kier alpha value is -3.88. The number of hydrogen-bond acceptors (Lipinski definition) is 6. The second-order valence-corrected chi connectivity index (χ2v) is 8.25. The molecule has 2 aliphatic heterocycles. The molecule has 3 aromatic carbocycles. The third-order valence-corrected chi connectivity index (χ3v) is 5.89. The van der Waals surface area contributed by atoms with Crippen molar-refractivity contribution in [2.45, 2.75) is 24.3 Å². The van der Waals surface area contributed by atoms with E-state index in [1.165, 1.54) is 12.1 Å². The van der Waals surface area contributed by atoms with E-state index in [0.717, 1.165) is 0 Å².